The third kappa shape index (κ3) is 2.23. The molecule has 0 radical (unpaired) electrons. The zero-order valence-corrected chi connectivity index (χ0v) is 10.9. The van der Waals surface area contributed by atoms with Crippen molar-refractivity contribution >= 4 is 10.8 Å². The Morgan fingerprint density at radius 1 is 0.895 bits per heavy atom. The maximum atomic E-state index is 4.37. The van der Waals surface area contributed by atoms with E-state index in [2.05, 4.69) is 52.8 Å². The van der Waals surface area contributed by atoms with Gasteiger partial charge >= 0.3 is 0 Å². The third-order valence-electron chi connectivity index (χ3n) is 3.43. The van der Waals surface area contributed by atoms with E-state index in [4.69, 9.17) is 0 Å². The maximum Gasteiger partial charge on any atom is 0.0595 e. The van der Waals surface area contributed by atoms with Gasteiger partial charge in [-0.2, -0.15) is 0 Å². The van der Waals surface area contributed by atoms with E-state index >= 15 is 0 Å². The van der Waals surface area contributed by atoms with Crippen molar-refractivity contribution in [2.45, 2.75) is 6.04 Å². The largest absolute Gasteiger partial charge is 0.309 e. The monoisotopic (exact) mass is 248 g/mol. The van der Waals surface area contributed by atoms with E-state index in [1.165, 1.54) is 21.9 Å². The van der Waals surface area contributed by atoms with E-state index in [1.54, 1.807) is 0 Å². The Bertz CT molecular complexity index is 672. The number of hydrogen-bond donors (Lipinski definition) is 1. The van der Waals surface area contributed by atoms with Gasteiger partial charge in [0.2, 0.25) is 0 Å². The summed E-state index contributed by atoms with van der Waals surface area (Å²) in [5.74, 6) is 0. The van der Waals surface area contributed by atoms with Gasteiger partial charge in [0.25, 0.3) is 0 Å². The number of benzene rings is 2. The summed E-state index contributed by atoms with van der Waals surface area (Å²) in [6, 6.07) is 19.0. The maximum absolute atomic E-state index is 4.37. The molecule has 0 bridgehead atoms. The van der Waals surface area contributed by atoms with Crippen molar-refractivity contribution < 1.29 is 0 Å². The van der Waals surface area contributed by atoms with Gasteiger partial charge < -0.3 is 5.32 Å². The molecule has 1 atom stereocenters. The Kier molecular flexibility index (Phi) is 3.25. The van der Waals surface area contributed by atoms with Crippen molar-refractivity contribution in [2.75, 3.05) is 7.05 Å². The predicted octanol–water partition coefficient (Wildman–Crippen LogP) is 3.54. The zero-order chi connectivity index (χ0) is 13.1. The first kappa shape index (κ1) is 11.9. The van der Waals surface area contributed by atoms with Gasteiger partial charge in [-0.1, -0.05) is 54.6 Å². The van der Waals surface area contributed by atoms with Crippen molar-refractivity contribution in [3.05, 3.63) is 78.1 Å². The van der Waals surface area contributed by atoms with E-state index in [-0.39, 0.29) is 6.04 Å². The number of pyridine rings is 1. The van der Waals surface area contributed by atoms with Crippen LogP contribution in [-0.4, -0.2) is 12.0 Å². The molecule has 1 aromatic heterocycles. The molecular formula is C17H16N2. The number of rotatable bonds is 3. The summed E-state index contributed by atoms with van der Waals surface area (Å²) in [6.45, 7) is 0. The number of hydrogen-bond acceptors (Lipinski definition) is 2. The molecule has 1 heterocycles. The molecule has 19 heavy (non-hydrogen) atoms. The van der Waals surface area contributed by atoms with Gasteiger partial charge in [-0.25, -0.2) is 0 Å². The highest BCUT2D eigenvalue weighted by Crippen LogP contribution is 2.27. The van der Waals surface area contributed by atoms with Crippen LogP contribution in [0.2, 0.25) is 0 Å². The lowest BCUT2D eigenvalue weighted by molar-refractivity contribution is 0.694. The van der Waals surface area contributed by atoms with Crippen LogP contribution in [0.25, 0.3) is 10.8 Å². The first-order valence-corrected chi connectivity index (χ1v) is 6.45. The van der Waals surface area contributed by atoms with Crippen molar-refractivity contribution in [3.63, 3.8) is 0 Å². The second-order valence-corrected chi connectivity index (χ2v) is 4.58. The summed E-state index contributed by atoms with van der Waals surface area (Å²) >= 11 is 0. The molecule has 3 rings (SSSR count). The van der Waals surface area contributed by atoms with E-state index in [1.807, 2.05) is 31.6 Å². The van der Waals surface area contributed by atoms with Crippen LogP contribution in [0.15, 0.2) is 67.0 Å². The van der Waals surface area contributed by atoms with Gasteiger partial charge in [0, 0.05) is 17.8 Å². The Labute approximate surface area is 113 Å². The lowest BCUT2D eigenvalue weighted by Gasteiger charge is -2.18. The molecule has 0 aliphatic rings. The molecule has 0 spiro atoms. The smallest absolute Gasteiger partial charge is 0.0595 e. The number of fused-ring (bicyclic) bond motifs is 1. The standard InChI is InChI=1S/C17H16N2/c1-18-17(13-7-3-2-4-8-13)16-12-19-11-14-9-5-6-10-15(14)16/h2-12,17-18H,1H3. The molecule has 1 N–H and O–H groups in total. The van der Waals surface area contributed by atoms with Crippen molar-refractivity contribution in [2.24, 2.45) is 0 Å². The molecule has 2 nitrogen and oxygen atoms in total. The van der Waals surface area contributed by atoms with E-state index in [9.17, 15) is 0 Å². The fourth-order valence-corrected chi connectivity index (χ4v) is 2.52. The van der Waals surface area contributed by atoms with Crippen LogP contribution in [0, 0.1) is 0 Å². The molecule has 3 aromatic rings. The lowest BCUT2D eigenvalue weighted by Crippen LogP contribution is -2.18. The molecule has 0 fully saturated rings. The van der Waals surface area contributed by atoms with Gasteiger partial charge in [-0.15, -0.1) is 0 Å². The summed E-state index contributed by atoms with van der Waals surface area (Å²) in [5.41, 5.74) is 2.47. The van der Waals surface area contributed by atoms with E-state index < -0.39 is 0 Å². The molecule has 0 saturated heterocycles. The van der Waals surface area contributed by atoms with Crippen LogP contribution in [0.1, 0.15) is 17.2 Å². The molecule has 0 saturated carbocycles. The van der Waals surface area contributed by atoms with E-state index in [0.717, 1.165) is 0 Å². The van der Waals surface area contributed by atoms with Crippen LogP contribution < -0.4 is 5.32 Å². The highest BCUT2D eigenvalue weighted by Gasteiger charge is 2.14. The third-order valence-corrected chi connectivity index (χ3v) is 3.43. The van der Waals surface area contributed by atoms with Gasteiger partial charge in [0.15, 0.2) is 0 Å². The van der Waals surface area contributed by atoms with Crippen molar-refractivity contribution in [1.82, 2.24) is 10.3 Å². The Morgan fingerprint density at radius 2 is 1.63 bits per heavy atom. The van der Waals surface area contributed by atoms with Crippen molar-refractivity contribution in [3.8, 4) is 0 Å². The summed E-state index contributed by atoms with van der Waals surface area (Å²) in [5, 5.41) is 5.81. The second kappa shape index (κ2) is 5.21. The summed E-state index contributed by atoms with van der Waals surface area (Å²) < 4.78 is 0. The minimum Gasteiger partial charge on any atom is -0.309 e. The predicted molar refractivity (Wildman–Crippen MR) is 79.1 cm³/mol. The van der Waals surface area contributed by atoms with Gasteiger partial charge in [-0.3, -0.25) is 4.98 Å². The first-order valence-electron chi connectivity index (χ1n) is 6.45. The normalized spacial score (nSPS) is 12.5. The first-order chi connectivity index (χ1) is 9.40. The molecule has 0 aliphatic heterocycles. The lowest BCUT2D eigenvalue weighted by atomic mass is 9.96. The average Bonchev–Trinajstić information content (AvgIpc) is 2.49. The van der Waals surface area contributed by atoms with Gasteiger partial charge in [-0.05, 0) is 23.6 Å². The molecular weight excluding hydrogens is 232 g/mol. The zero-order valence-electron chi connectivity index (χ0n) is 10.9. The molecule has 1 unspecified atom stereocenters. The fraction of sp³-hybridized carbons (Fsp3) is 0.118. The molecule has 2 heteroatoms. The van der Waals surface area contributed by atoms with Crippen molar-refractivity contribution in [1.29, 1.82) is 0 Å². The Balaban J connectivity index is 2.17. The minimum absolute atomic E-state index is 0.166. The summed E-state index contributed by atoms with van der Waals surface area (Å²) in [6.07, 6.45) is 3.87. The molecule has 0 amide bonds. The molecule has 94 valence electrons. The average molecular weight is 248 g/mol. The van der Waals surface area contributed by atoms with Crippen LogP contribution in [-0.2, 0) is 0 Å². The number of nitrogens with zero attached hydrogens (tertiary/aromatic N) is 1. The van der Waals surface area contributed by atoms with Crippen LogP contribution >= 0.6 is 0 Å². The fourth-order valence-electron chi connectivity index (χ4n) is 2.52. The Morgan fingerprint density at radius 3 is 2.42 bits per heavy atom. The van der Waals surface area contributed by atoms with E-state index in [0.29, 0.717) is 0 Å². The van der Waals surface area contributed by atoms with Crippen LogP contribution in [0.3, 0.4) is 0 Å². The topological polar surface area (TPSA) is 24.9 Å². The summed E-state index contributed by atoms with van der Waals surface area (Å²) in [7, 11) is 1.99. The highest BCUT2D eigenvalue weighted by molar-refractivity contribution is 5.85. The molecule has 2 aromatic carbocycles. The number of aromatic nitrogens is 1. The molecule has 0 aliphatic carbocycles. The highest BCUT2D eigenvalue weighted by atomic mass is 14.9. The van der Waals surface area contributed by atoms with Gasteiger partial charge in [0.1, 0.15) is 0 Å². The van der Waals surface area contributed by atoms with Crippen LogP contribution in [0.5, 0.6) is 0 Å². The van der Waals surface area contributed by atoms with Crippen LogP contribution in [0.4, 0.5) is 0 Å². The number of nitrogens with one attached hydrogen (secondary N) is 1. The second-order valence-electron chi connectivity index (χ2n) is 4.58. The SMILES string of the molecule is CNC(c1ccccc1)c1cncc2ccccc12. The Hall–Kier alpha value is -2.19. The quantitative estimate of drug-likeness (QED) is 0.766. The summed E-state index contributed by atoms with van der Waals surface area (Å²) in [4.78, 5) is 4.37. The minimum atomic E-state index is 0.166. The van der Waals surface area contributed by atoms with Gasteiger partial charge in [0.05, 0.1) is 6.04 Å².